The molecule has 0 saturated carbocycles. The number of allylic oxidation sites excluding steroid dienone is 1. The number of carbonyl (C=O) groups excluding carboxylic acids is 1. The molecule has 0 atom stereocenters. The SMILES string of the molecule is CCCCCCCCCC[n+]1cccc(/C=C/C(=O)c2cc(C)cs2)c1. The molecule has 2 aromatic heterocycles. The average Bonchev–Trinajstić information content (AvgIpc) is 3.09. The zero-order valence-corrected chi connectivity index (χ0v) is 17.1. The van der Waals surface area contributed by atoms with Crippen molar-refractivity contribution in [3.05, 3.63) is 58.1 Å². The van der Waals surface area contributed by atoms with E-state index in [4.69, 9.17) is 0 Å². The van der Waals surface area contributed by atoms with Crippen molar-refractivity contribution in [3.63, 3.8) is 0 Å². The van der Waals surface area contributed by atoms with Gasteiger partial charge in [-0.1, -0.05) is 45.4 Å². The maximum Gasteiger partial charge on any atom is 0.195 e. The Labute approximate surface area is 162 Å². The van der Waals surface area contributed by atoms with Gasteiger partial charge in [0.25, 0.3) is 0 Å². The van der Waals surface area contributed by atoms with Gasteiger partial charge in [-0.2, -0.15) is 0 Å². The second-order valence-corrected chi connectivity index (χ2v) is 7.95. The molecule has 0 aliphatic heterocycles. The van der Waals surface area contributed by atoms with Crippen LogP contribution in [0.1, 0.15) is 79.1 Å². The maximum absolute atomic E-state index is 12.2. The molecule has 2 aromatic rings. The maximum atomic E-state index is 12.2. The minimum absolute atomic E-state index is 0.0848. The second-order valence-electron chi connectivity index (χ2n) is 7.04. The van der Waals surface area contributed by atoms with Crippen molar-refractivity contribution in [1.29, 1.82) is 0 Å². The molecule has 0 unspecified atom stereocenters. The van der Waals surface area contributed by atoms with Crippen LogP contribution in [0, 0.1) is 6.92 Å². The van der Waals surface area contributed by atoms with Crippen LogP contribution in [-0.2, 0) is 6.54 Å². The molecule has 0 radical (unpaired) electrons. The number of aryl methyl sites for hydroxylation is 2. The van der Waals surface area contributed by atoms with Gasteiger partial charge in [0.2, 0.25) is 0 Å². The van der Waals surface area contributed by atoms with E-state index in [0.29, 0.717) is 0 Å². The van der Waals surface area contributed by atoms with Gasteiger partial charge in [-0.25, -0.2) is 4.57 Å². The van der Waals surface area contributed by atoms with Gasteiger partial charge in [0.1, 0.15) is 6.54 Å². The predicted octanol–water partition coefficient (Wildman–Crippen LogP) is 6.38. The molecule has 0 amide bonds. The first-order chi connectivity index (χ1) is 12.7. The summed E-state index contributed by atoms with van der Waals surface area (Å²) in [6.07, 6.45) is 18.6. The second kappa shape index (κ2) is 11.8. The molecular formula is C23H32NOS+. The summed E-state index contributed by atoms with van der Waals surface area (Å²) in [7, 11) is 0. The number of aromatic nitrogens is 1. The number of thiophene rings is 1. The van der Waals surface area contributed by atoms with Crippen LogP contribution in [0.2, 0.25) is 0 Å². The van der Waals surface area contributed by atoms with E-state index in [2.05, 4.69) is 30.0 Å². The molecule has 0 N–H and O–H groups in total. The van der Waals surface area contributed by atoms with Gasteiger partial charge >= 0.3 is 0 Å². The molecule has 0 aliphatic carbocycles. The number of nitrogens with zero attached hydrogens (tertiary/aromatic N) is 1. The Kier molecular flexibility index (Phi) is 9.33. The monoisotopic (exact) mass is 370 g/mol. The summed E-state index contributed by atoms with van der Waals surface area (Å²) in [5.74, 6) is 0.0848. The summed E-state index contributed by atoms with van der Waals surface area (Å²) < 4.78 is 2.23. The highest BCUT2D eigenvalue weighted by atomic mass is 32.1. The predicted molar refractivity (Wildman–Crippen MR) is 112 cm³/mol. The smallest absolute Gasteiger partial charge is 0.195 e. The lowest BCUT2D eigenvalue weighted by atomic mass is 10.1. The molecule has 2 heterocycles. The van der Waals surface area contributed by atoms with Gasteiger partial charge in [-0.05, 0) is 48.6 Å². The quantitative estimate of drug-likeness (QED) is 0.184. The van der Waals surface area contributed by atoms with Gasteiger partial charge in [0, 0.05) is 18.1 Å². The summed E-state index contributed by atoms with van der Waals surface area (Å²) in [6, 6.07) is 6.06. The van der Waals surface area contributed by atoms with Crippen LogP contribution in [0.5, 0.6) is 0 Å². The van der Waals surface area contributed by atoms with E-state index in [1.54, 1.807) is 6.08 Å². The van der Waals surface area contributed by atoms with E-state index >= 15 is 0 Å². The molecule has 0 spiro atoms. The summed E-state index contributed by atoms with van der Waals surface area (Å²) in [5, 5.41) is 2.02. The third-order valence-corrected chi connectivity index (χ3v) is 5.61. The van der Waals surface area contributed by atoms with Crippen molar-refractivity contribution in [1.82, 2.24) is 0 Å². The summed E-state index contributed by atoms with van der Waals surface area (Å²) in [5.41, 5.74) is 2.23. The minimum atomic E-state index is 0.0848. The van der Waals surface area contributed by atoms with Crippen molar-refractivity contribution in [2.45, 2.75) is 71.8 Å². The van der Waals surface area contributed by atoms with Crippen molar-refractivity contribution in [2.75, 3.05) is 0 Å². The average molecular weight is 371 g/mol. The highest BCUT2D eigenvalue weighted by Crippen LogP contribution is 2.15. The first kappa shape index (κ1) is 20.6. The van der Waals surface area contributed by atoms with E-state index in [1.165, 1.54) is 62.7 Å². The number of hydrogen-bond donors (Lipinski definition) is 0. The first-order valence-electron chi connectivity index (χ1n) is 9.95. The zero-order valence-electron chi connectivity index (χ0n) is 16.2. The molecule has 0 saturated heterocycles. The molecular weight excluding hydrogens is 338 g/mol. The summed E-state index contributed by atoms with van der Waals surface area (Å²) in [4.78, 5) is 13.0. The normalized spacial score (nSPS) is 11.3. The van der Waals surface area contributed by atoms with Crippen LogP contribution in [0.15, 0.2) is 42.0 Å². The molecule has 0 bridgehead atoms. The Balaban J connectivity index is 1.73. The Morgan fingerprint density at radius 3 is 2.54 bits per heavy atom. The van der Waals surface area contributed by atoms with Crippen LogP contribution < -0.4 is 4.57 Å². The highest BCUT2D eigenvalue weighted by Gasteiger charge is 2.05. The van der Waals surface area contributed by atoms with E-state index < -0.39 is 0 Å². The molecule has 3 heteroatoms. The van der Waals surface area contributed by atoms with Crippen molar-refractivity contribution >= 4 is 23.2 Å². The molecule has 2 nitrogen and oxygen atoms in total. The standard InChI is InChI=1S/C23H32NOS/c1-3-4-5-6-7-8-9-10-15-24-16-11-12-21(18-24)13-14-22(25)23-17-20(2)19-26-23/h11-14,16-19H,3-10,15H2,1-2H3/q+1/b14-13+. The number of ketones is 1. The number of hydrogen-bond acceptors (Lipinski definition) is 2. The first-order valence-corrected chi connectivity index (χ1v) is 10.8. The molecule has 0 aromatic carbocycles. The van der Waals surface area contributed by atoms with Gasteiger partial charge in [0.05, 0.1) is 4.88 Å². The van der Waals surface area contributed by atoms with Gasteiger partial charge in [-0.15, -0.1) is 11.3 Å². The lowest BCUT2D eigenvalue weighted by molar-refractivity contribution is -0.697. The van der Waals surface area contributed by atoms with Crippen LogP contribution in [-0.4, -0.2) is 5.78 Å². The molecule has 26 heavy (non-hydrogen) atoms. The number of rotatable bonds is 12. The number of carbonyl (C=O) groups is 1. The summed E-state index contributed by atoms with van der Waals surface area (Å²) >= 11 is 1.51. The van der Waals surface area contributed by atoms with Gasteiger partial charge in [0.15, 0.2) is 18.2 Å². The Hall–Kier alpha value is -1.74. The molecule has 0 aliphatic rings. The minimum Gasteiger partial charge on any atom is -0.288 e. The summed E-state index contributed by atoms with van der Waals surface area (Å²) in [6.45, 7) is 5.33. The van der Waals surface area contributed by atoms with E-state index in [0.717, 1.165) is 22.5 Å². The van der Waals surface area contributed by atoms with Gasteiger partial charge in [-0.3, -0.25) is 4.79 Å². The Morgan fingerprint density at radius 1 is 1.12 bits per heavy atom. The third kappa shape index (κ3) is 7.65. The van der Waals surface area contributed by atoms with Crippen LogP contribution >= 0.6 is 11.3 Å². The van der Waals surface area contributed by atoms with Crippen molar-refractivity contribution in [3.8, 4) is 0 Å². The Bertz CT molecular complexity index is 702. The third-order valence-electron chi connectivity index (χ3n) is 4.55. The van der Waals surface area contributed by atoms with E-state index in [9.17, 15) is 4.79 Å². The molecule has 140 valence electrons. The van der Waals surface area contributed by atoms with Crippen molar-refractivity contribution < 1.29 is 9.36 Å². The number of unbranched alkanes of at least 4 members (excludes halogenated alkanes) is 7. The van der Waals surface area contributed by atoms with E-state index in [1.807, 2.05) is 30.5 Å². The van der Waals surface area contributed by atoms with Crippen LogP contribution in [0.4, 0.5) is 0 Å². The lowest BCUT2D eigenvalue weighted by Crippen LogP contribution is -2.32. The highest BCUT2D eigenvalue weighted by molar-refractivity contribution is 7.12. The zero-order chi connectivity index (χ0) is 18.6. The Morgan fingerprint density at radius 2 is 1.85 bits per heavy atom. The van der Waals surface area contributed by atoms with Crippen molar-refractivity contribution in [2.24, 2.45) is 0 Å². The van der Waals surface area contributed by atoms with Gasteiger partial charge < -0.3 is 0 Å². The topological polar surface area (TPSA) is 20.9 Å². The number of pyridine rings is 1. The molecule has 0 fully saturated rings. The molecule has 2 rings (SSSR count). The fourth-order valence-corrected chi connectivity index (χ4v) is 3.84. The fourth-order valence-electron chi connectivity index (χ4n) is 3.02. The van der Waals surface area contributed by atoms with Crippen LogP contribution in [0.3, 0.4) is 0 Å². The fraction of sp³-hybridized carbons (Fsp3) is 0.478. The lowest BCUT2D eigenvalue weighted by Gasteiger charge is -2.01. The van der Waals surface area contributed by atoms with E-state index in [-0.39, 0.29) is 5.78 Å². The largest absolute Gasteiger partial charge is 0.288 e. The van der Waals surface area contributed by atoms with Crippen LogP contribution in [0.25, 0.3) is 6.08 Å².